The van der Waals surface area contributed by atoms with E-state index in [1.165, 1.54) is 17.0 Å². The summed E-state index contributed by atoms with van der Waals surface area (Å²) in [4.78, 5) is 5.49. The van der Waals surface area contributed by atoms with Crippen molar-refractivity contribution in [1.29, 1.82) is 0 Å². The van der Waals surface area contributed by atoms with Crippen molar-refractivity contribution in [1.82, 2.24) is 10.6 Å². The van der Waals surface area contributed by atoms with Crippen molar-refractivity contribution in [2.75, 3.05) is 13.6 Å². The summed E-state index contributed by atoms with van der Waals surface area (Å²) in [6.07, 6.45) is 0.952. The number of aliphatic imine (C=N–C) groups is 1. The number of rotatable bonds is 5. The van der Waals surface area contributed by atoms with Gasteiger partial charge in [-0.25, -0.2) is 4.39 Å². The molecule has 1 heterocycles. The number of guanidine groups is 1. The standard InChI is InChI=1S/C15H17BrFN3S/c1-18-15(19-9-8-13-6-7-14(16)21-13)20-10-11-2-4-12(17)5-3-11/h2-7H,8-10H2,1H3,(H2,18,19,20). The van der Waals surface area contributed by atoms with Crippen LogP contribution in [0.1, 0.15) is 10.4 Å². The number of nitrogens with zero attached hydrogens (tertiary/aromatic N) is 1. The van der Waals surface area contributed by atoms with Gasteiger partial charge in [0, 0.05) is 25.0 Å². The average Bonchev–Trinajstić information content (AvgIpc) is 2.90. The van der Waals surface area contributed by atoms with E-state index in [0.29, 0.717) is 6.54 Å². The van der Waals surface area contributed by atoms with Crippen molar-refractivity contribution in [3.05, 3.63) is 56.4 Å². The van der Waals surface area contributed by atoms with Gasteiger partial charge in [-0.05, 0) is 52.2 Å². The van der Waals surface area contributed by atoms with Crippen LogP contribution in [-0.4, -0.2) is 19.6 Å². The Morgan fingerprint density at radius 1 is 1.19 bits per heavy atom. The first kappa shape index (κ1) is 16.0. The van der Waals surface area contributed by atoms with Crippen molar-refractivity contribution >= 4 is 33.2 Å². The van der Waals surface area contributed by atoms with Gasteiger partial charge in [-0.15, -0.1) is 11.3 Å². The van der Waals surface area contributed by atoms with Crippen LogP contribution in [0, 0.1) is 5.82 Å². The van der Waals surface area contributed by atoms with Crippen LogP contribution in [0.15, 0.2) is 45.2 Å². The van der Waals surface area contributed by atoms with E-state index >= 15 is 0 Å². The van der Waals surface area contributed by atoms with Crippen LogP contribution < -0.4 is 10.6 Å². The molecule has 21 heavy (non-hydrogen) atoms. The Kier molecular flexibility index (Phi) is 6.20. The van der Waals surface area contributed by atoms with Crippen molar-refractivity contribution in [2.24, 2.45) is 4.99 Å². The molecule has 0 saturated carbocycles. The SMILES string of the molecule is CN=C(NCCc1ccc(Br)s1)NCc1ccc(F)cc1. The van der Waals surface area contributed by atoms with Crippen molar-refractivity contribution < 1.29 is 4.39 Å². The van der Waals surface area contributed by atoms with Gasteiger partial charge in [0.1, 0.15) is 5.82 Å². The van der Waals surface area contributed by atoms with Crippen molar-refractivity contribution in [3.63, 3.8) is 0 Å². The zero-order valence-electron chi connectivity index (χ0n) is 11.7. The van der Waals surface area contributed by atoms with E-state index < -0.39 is 0 Å². The van der Waals surface area contributed by atoms with Crippen LogP contribution in [0.3, 0.4) is 0 Å². The summed E-state index contributed by atoms with van der Waals surface area (Å²) in [6.45, 7) is 1.43. The summed E-state index contributed by atoms with van der Waals surface area (Å²) in [5, 5.41) is 6.47. The Bertz CT molecular complexity index is 595. The van der Waals surface area contributed by atoms with Gasteiger partial charge >= 0.3 is 0 Å². The highest BCUT2D eigenvalue weighted by molar-refractivity contribution is 9.11. The highest BCUT2D eigenvalue weighted by Crippen LogP contribution is 2.21. The first-order valence-electron chi connectivity index (χ1n) is 6.60. The summed E-state index contributed by atoms with van der Waals surface area (Å²) in [6, 6.07) is 10.6. The zero-order chi connectivity index (χ0) is 15.1. The fourth-order valence-corrected chi connectivity index (χ4v) is 3.28. The van der Waals surface area contributed by atoms with Crippen LogP contribution in [0.5, 0.6) is 0 Å². The van der Waals surface area contributed by atoms with Crippen LogP contribution in [0.4, 0.5) is 4.39 Å². The molecule has 0 saturated heterocycles. The normalized spacial score (nSPS) is 11.5. The number of nitrogens with one attached hydrogen (secondary N) is 2. The monoisotopic (exact) mass is 369 g/mol. The smallest absolute Gasteiger partial charge is 0.191 e. The molecule has 2 N–H and O–H groups in total. The van der Waals surface area contributed by atoms with Crippen molar-refractivity contribution in [2.45, 2.75) is 13.0 Å². The van der Waals surface area contributed by atoms with E-state index in [4.69, 9.17) is 0 Å². The highest BCUT2D eigenvalue weighted by Gasteiger charge is 2.01. The van der Waals surface area contributed by atoms with Gasteiger partial charge in [0.25, 0.3) is 0 Å². The molecule has 0 bridgehead atoms. The van der Waals surface area contributed by atoms with E-state index in [1.807, 2.05) is 0 Å². The topological polar surface area (TPSA) is 36.4 Å². The maximum atomic E-state index is 12.8. The second kappa shape index (κ2) is 8.14. The molecule has 1 aromatic heterocycles. The molecule has 2 aromatic rings. The molecule has 2 rings (SSSR count). The maximum absolute atomic E-state index is 12.8. The van der Waals surface area contributed by atoms with E-state index in [1.54, 1.807) is 30.5 Å². The number of hydrogen-bond acceptors (Lipinski definition) is 2. The highest BCUT2D eigenvalue weighted by atomic mass is 79.9. The van der Waals surface area contributed by atoms with Gasteiger partial charge in [-0.3, -0.25) is 4.99 Å². The van der Waals surface area contributed by atoms with Gasteiger partial charge in [0.15, 0.2) is 5.96 Å². The fourth-order valence-electron chi connectivity index (χ4n) is 1.80. The minimum atomic E-state index is -0.219. The van der Waals surface area contributed by atoms with E-state index in [2.05, 4.69) is 43.7 Å². The first-order valence-corrected chi connectivity index (χ1v) is 8.21. The third-order valence-corrected chi connectivity index (χ3v) is 4.57. The average molecular weight is 370 g/mol. The Morgan fingerprint density at radius 2 is 1.95 bits per heavy atom. The quantitative estimate of drug-likeness (QED) is 0.624. The number of hydrogen-bond donors (Lipinski definition) is 2. The number of thiophene rings is 1. The third kappa shape index (κ3) is 5.47. The molecule has 0 unspecified atom stereocenters. The molecule has 3 nitrogen and oxygen atoms in total. The maximum Gasteiger partial charge on any atom is 0.191 e. The van der Waals surface area contributed by atoms with E-state index in [-0.39, 0.29) is 5.82 Å². The summed E-state index contributed by atoms with van der Waals surface area (Å²) in [5.41, 5.74) is 1.02. The molecule has 0 aliphatic carbocycles. The lowest BCUT2D eigenvalue weighted by atomic mass is 10.2. The number of benzene rings is 1. The minimum absolute atomic E-state index is 0.219. The molecule has 6 heteroatoms. The molecular formula is C15H17BrFN3S. The Hall–Kier alpha value is -1.40. The van der Waals surface area contributed by atoms with Crippen LogP contribution in [0.25, 0.3) is 0 Å². The van der Waals surface area contributed by atoms with Gasteiger partial charge in [0.2, 0.25) is 0 Å². The molecule has 0 fully saturated rings. The minimum Gasteiger partial charge on any atom is -0.356 e. The first-order chi connectivity index (χ1) is 10.2. The Labute approximate surface area is 136 Å². The van der Waals surface area contributed by atoms with Gasteiger partial charge < -0.3 is 10.6 Å². The molecule has 112 valence electrons. The second-order valence-electron chi connectivity index (χ2n) is 4.43. The second-order valence-corrected chi connectivity index (χ2v) is 6.98. The predicted octanol–water partition coefficient (Wildman–Crippen LogP) is 3.56. The molecule has 0 spiro atoms. The van der Waals surface area contributed by atoms with Crippen LogP contribution >= 0.6 is 27.3 Å². The van der Waals surface area contributed by atoms with E-state index in [9.17, 15) is 4.39 Å². The van der Waals surface area contributed by atoms with Gasteiger partial charge in [0.05, 0.1) is 3.79 Å². The zero-order valence-corrected chi connectivity index (χ0v) is 14.1. The summed E-state index contributed by atoms with van der Waals surface area (Å²) in [7, 11) is 1.74. The van der Waals surface area contributed by atoms with Crippen molar-refractivity contribution in [3.8, 4) is 0 Å². The Balaban J connectivity index is 1.74. The molecule has 0 aliphatic heterocycles. The van der Waals surface area contributed by atoms with Crippen LogP contribution in [0.2, 0.25) is 0 Å². The molecule has 0 aliphatic rings. The van der Waals surface area contributed by atoms with Gasteiger partial charge in [-0.2, -0.15) is 0 Å². The van der Waals surface area contributed by atoms with Crippen LogP contribution in [-0.2, 0) is 13.0 Å². The molecule has 0 radical (unpaired) electrons. The lowest BCUT2D eigenvalue weighted by Crippen LogP contribution is -2.37. The molecule has 1 aromatic carbocycles. The lowest BCUT2D eigenvalue weighted by Gasteiger charge is -2.11. The molecule has 0 atom stereocenters. The Morgan fingerprint density at radius 3 is 2.57 bits per heavy atom. The lowest BCUT2D eigenvalue weighted by molar-refractivity contribution is 0.626. The number of halogens is 2. The van der Waals surface area contributed by atoms with Gasteiger partial charge in [-0.1, -0.05) is 12.1 Å². The third-order valence-electron chi connectivity index (χ3n) is 2.89. The molecular weight excluding hydrogens is 353 g/mol. The fraction of sp³-hybridized carbons (Fsp3) is 0.267. The summed E-state index contributed by atoms with van der Waals surface area (Å²) < 4.78 is 14.0. The largest absolute Gasteiger partial charge is 0.356 e. The molecule has 0 amide bonds. The predicted molar refractivity (Wildman–Crippen MR) is 90.3 cm³/mol. The summed E-state index contributed by atoms with van der Waals surface area (Å²) in [5.74, 6) is 0.526. The summed E-state index contributed by atoms with van der Waals surface area (Å²) >= 11 is 5.20. The van der Waals surface area contributed by atoms with E-state index in [0.717, 1.165) is 28.3 Å².